The predicted octanol–water partition coefficient (Wildman–Crippen LogP) is 0.221. The number of phenols is 1. The Kier molecular flexibility index (Phi) is 11.2. The van der Waals surface area contributed by atoms with Gasteiger partial charge in [0.2, 0.25) is 10.5 Å². The zero-order valence-corrected chi connectivity index (χ0v) is 31.4. The van der Waals surface area contributed by atoms with Crippen molar-refractivity contribution in [2.24, 2.45) is 0 Å². The number of likely N-dealkylation sites (N-methyl/N-ethyl adjacent to an activating group) is 1. The van der Waals surface area contributed by atoms with Gasteiger partial charge in [0.15, 0.2) is 0 Å². The normalized spacial score (nSPS) is 17.0. The number of imide groups is 1. The van der Waals surface area contributed by atoms with Crippen LogP contribution in [0.2, 0.25) is 0 Å². The highest BCUT2D eigenvalue weighted by Gasteiger charge is 2.47. The summed E-state index contributed by atoms with van der Waals surface area (Å²) in [6.07, 6.45) is 1.19. The van der Waals surface area contributed by atoms with E-state index in [-0.39, 0.29) is 64.6 Å². The van der Waals surface area contributed by atoms with Gasteiger partial charge < -0.3 is 35.4 Å². The van der Waals surface area contributed by atoms with Gasteiger partial charge in [-0.05, 0) is 55.4 Å². The number of hydrogen-bond acceptors (Lipinski definition) is 13. The second kappa shape index (κ2) is 15.7. The number of fused-ring (bicyclic) bond motifs is 1. The van der Waals surface area contributed by atoms with E-state index in [1.807, 2.05) is 4.90 Å². The van der Waals surface area contributed by atoms with Gasteiger partial charge >= 0.3 is 28.1 Å². The van der Waals surface area contributed by atoms with Crippen LogP contribution in [0.25, 0.3) is 10.9 Å². The van der Waals surface area contributed by atoms with Crippen LogP contribution < -0.4 is 26.3 Å². The first kappa shape index (κ1) is 39.8. The molecule has 3 aromatic rings. The number of aryl methyl sites for hydroxylation is 1. The molecule has 5 N–H and O–H groups in total. The fourth-order valence-corrected chi connectivity index (χ4v) is 8.21. The summed E-state index contributed by atoms with van der Waals surface area (Å²) >= 11 is 0.00344. The van der Waals surface area contributed by atoms with Crippen LogP contribution in [-0.2, 0) is 36.0 Å². The Morgan fingerprint density at radius 2 is 1.62 bits per heavy atom. The van der Waals surface area contributed by atoms with Crippen molar-refractivity contribution in [3.8, 4) is 5.75 Å². The van der Waals surface area contributed by atoms with E-state index in [9.17, 15) is 51.6 Å². The van der Waals surface area contributed by atoms with Gasteiger partial charge in [0, 0.05) is 63.9 Å². The standard InChI is InChI=1S/C34H35FN8O11S2/c1-3-39-13-14-42(31(49)30(39)48)34(51)38-25(18-5-7-19(44)8-6-18)28(46)37-26-29(47)43(56(52,53)54)32(26)55-33(50)21-17-40(4-2)23-16-24(41-11-9-36-10-12-41)22(35)15-20(23)27(21)45/h5-8,15-17,25,36,44H,3-4,9-14H2,1-2H3,(H,37,46)(H,38,51)(H,52,53,54)/t25-/m1/s1. The number of hydrogen-bond donors (Lipinski definition) is 5. The number of piperazine rings is 2. The molecule has 0 spiro atoms. The minimum Gasteiger partial charge on any atom is -0.508 e. The number of halogens is 1. The first-order valence-corrected chi connectivity index (χ1v) is 19.4. The van der Waals surface area contributed by atoms with Crippen LogP contribution in [-0.4, -0.2) is 117 Å². The van der Waals surface area contributed by atoms with Crippen LogP contribution in [0.1, 0.15) is 35.8 Å². The Hall–Kier alpha value is -5.84. The van der Waals surface area contributed by atoms with Crippen LogP contribution >= 0.6 is 11.8 Å². The average molecular weight is 815 g/mol. The van der Waals surface area contributed by atoms with Crippen molar-refractivity contribution in [3.63, 3.8) is 0 Å². The number of anilines is 1. The molecule has 19 nitrogen and oxygen atoms in total. The Bertz CT molecular complexity index is 2380. The maximum absolute atomic E-state index is 15.4. The van der Waals surface area contributed by atoms with Gasteiger partial charge in [0.1, 0.15) is 28.3 Å². The number of aromatic hydroxyl groups is 1. The van der Waals surface area contributed by atoms with Crippen molar-refractivity contribution < 1.29 is 51.2 Å². The third kappa shape index (κ3) is 7.54. The van der Waals surface area contributed by atoms with Crippen molar-refractivity contribution in [2.45, 2.75) is 26.4 Å². The summed E-state index contributed by atoms with van der Waals surface area (Å²) in [5.74, 6) is -5.77. The van der Waals surface area contributed by atoms with Gasteiger partial charge in [-0.15, -0.1) is 0 Å². The van der Waals surface area contributed by atoms with Crippen LogP contribution in [0, 0.1) is 5.82 Å². The lowest BCUT2D eigenvalue weighted by Crippen LogP contribution is -2.59. The van der Waals surface area contributed by atoms with Gasteiger partial charge in [-0.25, -0.2) is 9.18 Å². The maximum Gasteiger partial charge on any atom is 0.367 e. The zero-order chi connectivity index (χ0) is 40.6. The first-order valence-electron chi connectivity index (χ1n) is 17.2. The monoisotopic (exact) mass is 814 g/mol. The zero-order valence-electron chi connectivity index (χ0n) is 29.8. The fourth-order valence-electron chi connectivity index (χ4n) is 6.37. The van der Waals surface area contributed by atoms with Crippen LogP contribution in [0.3, 0.4) is 0 Å². The molecular formula is C34H35FN8O11S2. The van der Waals surface area contributed by atoms with E-state index in [2.05, 4.69) is 16.0 Å². The lowest BCUT2D eigenvalue weighted by Gasteiger charge is -2.34. The summed E-state index contributed by atoms with van der Waals surface area (Å²) in [4.78, 5) is 96.3. The minimum atomic E-state index is -5.39. The molecule has 6 amide bonds. The van der Waals surface area contributed by atoms with Gasteiger partial charge in [-0.1, -0.05) is 12.1 Å². The second-order valence-corrected chi connectivity index (χ2v) is 14.9. The molecule has 6 rings (SSSR count). The van der Waals surface area contributed by atoms with E-state index in [0.717, 1.165) is 18.2 Å². The number of amides is 6. The number of rotatable bonds is 10. The van der Waals surface area contributed by atoms with E-state index >= 15 is 4.39 Å². The summed E-state index contributed by atoms with van der Waals surface area (Å²) in [5.41, 5.74) is -1.70. The number of carbonyl (C=O) groups is 6. The highest BCUT2D eigenvalue weighted by atomic mass is 32.2. The second-order valence-electron chi connectivity index (χ2n) is 12.6. The molecular weight excluding hydrogens is 780 g/mol. The van der Waals surface area contributed by atoms with E-state index in [1.54, 1.807) is 13.8 Å². The van der Waals surface area contributed by atoms with Crippen LogP contribution in [0.4, 0.5) is 14.9 Å². The molecule has 56 heavy (non-hydrogen) atoms. The Balaban J connectivity index is 1.32. The Morgan fingerprint density at radius 1 is 0.946 bits per heavy atom. The number of phenolic OH excluding ortho intramolecular Hbond substituents is 1. The van der Waals surface area contributed by atoms with Crippen molar-refractivity contribution in [3.05, 3.63) is 80.5 Å². The molecule has 0 radical (unpaired) electrons. The molecule has 3 aliphatic rings. The largest absolute Gasteiger partial charge is 0.508 e. The molecule has 2 fully saturated rings. The number of nitrogens with zero attached hydrogens (tertiary/aromatic N) is 5. The van der Waals surface area contributed by atoms with Crippen LogP contribution in [0.5, 0.6) is 5.75 Å². The lowest BCUT2D eigenvalue weighted by molar-refractivity contribution is -0.153. The molecule has 1 aromatic heterocycles. The summed E-state index contributed by atoms with van der Waals surface area (Å²) in [5, 5.41) is 15.3. The van der Waals surface area contributed by atoms with Gasteiger partial charge in [-0.3, -0.25) is 38.2 Å². The smallest absolute Gasteiger partial charge is 0.367 e. The minimum absolute atomic E-state index is 0.00344. The molecule has 2 aromatic carbocycles. The Labute approximate surface area is 321 Å². The Morgan fingerprint density at radius 3 is 2.25 bits per heavy atom. The average Bonchev–Trinajstić information content (AvgIpc) is 3.17. The predicted molar refractivity (Wildman–Crippen MR) is 198 cm³/mol. The number of urea groups is 1. The fraction of sp³-hybridized carbons (Fsp3) is 0.324. The van der Waals surface area contributed by atoms with Gasteiger partial charge in [0.25, 0.3) is 11.8 Å². The lowest BCUT2D eigenvalue weighted by atomic mass is 10.1. The molecule has 1 atom stereocenters. The molecule has 0 saturated carbocycles. The summed E-state index contributed by atoms with van der Waals surface area (Å²) in [6, 6.07) is 4.35. The van der Waals surface area contributed by atoms with Crippen molar-refractivity contribution in [2.75, 3.05) is 50.7 Å². The molecule has 4 heterocycles. The van der Waals surface area contributed by atoms with Crippen molar-refractivity contribution in [1.29, 1.82) is 0 Å². The molecule has 0 unspecified atom stereocenters. The third-order valence-corrected chi connectivity index (χ3v) is 11.2. The van der Waals surface area contributed by atoms with Gasteiger partial charge in [0.05, 0.1) is 16.8 Å². The quantitative estimate of drug-likeness (QED) is 0.136. The first-order chi connectivity index (χ1) is 26.5. The highest BCUT2D eigenvalue weighted by Crippen LogP contribution is 2.38. The maximum atomic E-state index is 15.4. The van der Waals surface area contributed by atoms with Crippen LogP contribution in [0.15, 0.2) is 58.1 Å². The summed E-state index contributed by atoms with van der Waals surface area (Å²) in [6.45, 7) is 5.84. The third-order valence-electron chi connectivity index (χ3n) is 9.32. The number of benzene rings is 2. The molecule has 296 valence electrons. The molecule has 0 aliphatic carbocycles. The molecule has 2 saturated heterocycles. The summed E-state index contributed by atoms with van der Waals surface area (Å²) < 4.78 is 51.1. The van der Waals surface area contributed by atoms with E-state index in [1.165, 1.54) is 33.9 Å². The number of nitrogens with one attached hydrogen (secondary N) is 3. The molecule has 22 heteroatoms. The summed E-state index contributed by atoms with van der Waals surface area (Å²) in [7, 11) is -5.39. The van der Waals surface area contributed by atoms with Crippen molar-refractivity contribution >= 4 is 73.4 Å². The van der Waals surface area contributed by atoms with E-state index in [0.29, 0.717) is 36.6 Å². The van der Waals surface area contributed by atoms with E-state index in [4.69, 9.17) is 0 Å². The number of pyridine rings is 1. The van der Waals surface area contributed by atoms with Gasteiger partial charge in [-0.2, -0.15) is 12.7 Å². The molecule has 3 aliphatic heterocycles. The van der Waals surface area contributed by atoms with Crippen molar-refractivity contribution in [1.82, 2.24) is 34.6 Å². The number of carbonyl (C=O) groups excluding carboxylic acids is 6. The topological polar surface area (TPSA) is 248 Å². The number of thioether (sulfide) groups is 1. The van der Waals surface area contributed by atoms with E-state index < -0.39 is 78.7 Å². The molecule has 0 bridgehead atoms. The SMILES string of the molecule is CCN1CCN(C(=O)N[C@@H](C(=O)NC2=C(SC(=O)c3cn(CC)c4cc(N5CCNCC5)c(F)cc4c3=O)N(S(=O)(=O)O)C2=O)c2ccc(O)cc2)C(=O)C1=O. The number of aromatic nitrogens is 1. The highest BCUT2D eigenvalue weighted by molar-refractivity contribution is 8.17.